The van der Waals surface area contributed by atoms with Crippen LogP contribution in [0.3, 0.4) is 0 Å². The number of nitrogens with zero attached hydrogens (tertiary/aromatic N) is 2. The van der Waals surface area contributed by atoms with Gasteiger partial charge in [-0.25, -0.2) is 0 Å². The fourth-order valence-electron chi connectivity index (χ4n) is 2.02. The van der Waals surface area contributed by atoms with E-state index in [1.54, 1.807) is 0 Å². The van der Waals surface area contributed by atoms with Crippen LogP contribution < -0.4 is 5.32 Å². The molecule has 1 heterocycles. The van der Waals surface area contributed by atoms with Crippen molar-refractivity contribution >= 4 is 16.9 Å². The molecule has 1 rings (SSSR count). The number of hydrogen-bond acceptors (Lipinski definition) is 4. The maximum atomic E-state index is 4.62. The van der Waals surface area contributed by atoms with Crippen LogP contribution in [-0.4, -0.2) is 48.5 Å². The Balaban J connectivity index is 2.25. The topological polar surface area (TPSA) is 27.6 Å². The van der Waals surface area contributed by atoms with Crippen molar-refractivity contribution in [1.82, 2.24) is 10.2 Å². The number of thioether (sulfide) groups is 1. The number of nitrogens with one attached hydrogen (secondary N) is 1. The predicted octanol–water partition coefficient (Wildman–Crippen LogP) is 2.82. The number of rotatable bonds is 5. The van der Waals surface area contributed by atoms with E-state index in [9.17, 15) is 0 Å². The van der Waals surface area contributed by atoms with Crippen LogP contribution in [0, 0.1) is 5.41 Å². The standard InChI is InChI=1S/C14H29N3S/c1-11(7-8-17(5)6)16-13-15-10-12(18-13)9-14(2,3)4/h11-12H,7-10H2,1-6H3,(H,15,16). The highest BCUT2D eigenvalue weighted by Crippen LogP contribution is 2.31. The number of aliphatic imine (C=N–C) groups is 1. The Morgan fingerprint density at radius 3 is 2.67 bits per heavy atom. The largest absolute Gasteiger partial charge is 0.362 e. The van der Waals surface area contributed by atoms with Gasteiger partial charge in [-0.05, 0) is 45.8 Å². The lowest BCUT2D eigenvalue weighted by atomic mass is 9.90. The van der Waals surface area contributed by atoms with Crippen LogP contribution in [0.5, 0.6) is 0 Å². The summed E-state index contributed by atoms with van der Waals surface area (Å²) in [6, 6.07) is 0.507. The molecule has 4 heteroatoms. The molecule has 0 spiro atoms. The quantitative estimate of drug-likeness (QED) is 0.833. The Kier molecular flexibility index (Phi) is 5.99. The second-order valence-electron chi connectivity index (χ2n) is 6.79. The minimum absolute atomic E-state index is 0.402. The Morgan fingerprint density at radius 2 is 2.11 bits per heavy atom. The van der Waals surface area contributed by atoms with E-state index in [4.69, 9.17) is 0 Å². The minimum atomic E-state index is 0.402. The first-order valence-corrected chi connectivity index (χ1v) is 7.76. The minimum Gasteiger partial charge on any atom is -0.362 e. The van der Waals surface area contributed by atoms with Gasteiger partial charge in [0.05, 0.1) is 6.54 Å². The van der Waals surface area contributed by atoms with Crippen molar-refractivity contribution in [2.75, 3.05) is 27.2 Å². The van der Waals surface area contributed by atoms with E-state index in [-0.39, 0.29) is 0 Å². The van der Waals surface area contributed by atoms with Gasteiger partial charge in [-0.15, -0.1) is 0 Å². The van der Waals surface area contributed by atoms with E-state index in [0.717, 1.165) is 24.7 Å². The van der Waals surface area contributed by atoms with Crippen LogP contribution in [0.15, 0.2) is 4.99 Å². The summed E-state index contributed by atoms with van der Waals surface area (Å²) in [5, 5.41) is 5.35. The molecule has 3 nitrogen and oxygen atoms in total. The highest BCUT2D eigenvalue weighted by atomic mass is 32.2. The van der Waals surface area contributed by atoms with Crippen LogP contribution in [0.1, 0.15) is 40.5 Å². The summed E-state index contributed by atoms with van der Waals surface area (Å²) in [5.74, 6) is 0. The van der Waals surface area contributed by atoms with Crippen molar-refractivity contribution < 1.29 is 0 Å². The van der Waals surface area contributed by atoms with Crippen molar-refractivity contribution in [1.29, 1.82) is 0 Å². The molecule has 0 aliphatic carbocycles. The van der Waals surface area contributed by atoms with Crippen LogP contribution in [0.2, 0.25) is 0 Å². The molecule has 2 unspecified atom stereocenters. The van der Waals surface area contributed by atoms with Gasteiger partial charge in [-0.2, -0.15) is 0 Å². The Bertz CT molecular complexity index is 281. The van der Waals surface area contributed by atoms with Gasteiger partial charge in [-0.1, -0.05) is 32.5 Å². The van der Waals surface area contributed by atoms with Crippen LogP contribution >= 0.6 is 11.8 Å². The maximum Gasteiger partial charge on any atom is 0.157 e. The lowest BCUT2D eigenvalue weighted by Gasteiger charge is -2.22. The van der Waals surface area contributed by atoms with Crippen LogP contribution in [0.25, 0.3) is 0 Å². The van der Waals surface area contributed by atoms with Gasteiger partial charge in [-0.3, -0.25) is 4.99 Å². The summed E-state index contributed by atoms with van der Waals surface area (Å²) in [7, 11) is 4.24. The zero-order valence-electron chi connectivity index (χ0n) is 12.8. The normalized spacial score (nSPS) is 22.2. The fourth-order valence-corrected chi connectivity index (χ4v) is 3.49. The van der Waals surface area contributed by atoms with E-state index in [1.807, 2.05) is 11.8 Å². The van der Waals surface area contributed by atoms with Crippen molar-refractivity contribution in [2.45, 2.75) is 51.8 Å². The predicted molar refractivity (Wildman–Crippen MR) is 83.5 cm³/mol. The lowest BCUT2D eigenvalue weighted by Crippen LogP contribution is -2.32. The third-order valence-electron chi connectivity index (χ3n) is 2.94. The van der Waals surface area contributed by atoms with Crippen molar-refractivity contribution in [3.8, 4) is 0 Å². The summed E-state index contributed by atoms with van der Waals surface area (Å²) in [6.07, 6.45) is 2.40. The van der Waals surface area contributed by atoms with Gasteiger partial charge in [0.15, 0.2) is 5.17 Å². The highest BCUT2D eigenvalue weighted by molar-refractivity contribution is 8.14. The smallest absolute Gasteiger partial charge is 0.157 e. The van der Waals surface area contributed by atoms with E-state index < -0.39 is 0 Å². The first-order valence-electron chi connectivity index (χ1n) is 6.88. The fraction of sp³-hybridized carbons (Fsp3) is 0.929. The number of amidine groups is 1. The molecule has 1 N–H and O–H groups in total. The van der Waals surface area contributed by atoms with Crippen LogP contribution in [0.4, 0.5) is 0 Å². The summed E-state index contributed by atoms with van der Waals surface area (Å²) in [6.45, 7) is 11.3. The van der Waals surface area contributed by atoms with Gasteiger partial charge in [0, 0.05) is 11.3 Å². The molecule has 0 bridgehead atoms. The second-order valence-corrected chi connectivity index (χ2v) is 8.08. The molecule has 0 aromatic rings. The van der Waals surface area contributed by atoms with Gasteiger partial charge >= 0.3 is 0 Å². The summed E-state index contributed by atoms with van der Waals surface area (Å²) in [4.78, 5) is 6.85. The summed E-state index contributed by atoms with van der Waals surface area (Å²) < 4.78 is 0. The third kappa shape index (κ3) is 6.64. The Hall–Kier alpha value is -0.220. The van der Waals surface area contributed by atoms with Crippen molar-refractivity contribution in [3.05, 3.63) is 0 Å². The molecule has 1 aliphatic rings. The van der Waals surface area contributed by atoms with Crippen molar-refractivity contribution in [2.24, 2.45) is 10.4 Å². The Morgan fingerprint density at radius 1 is 1.44 bits per heavy atom. The zero-order chi connectivity index (χ0) is 13.8. The average Bonchev–Trinajstić information content (AvgIpc) is 2.59. The molecular weight excluding hydrogens is 242 g/mol. The molecule has 1 aliphatic heterocycles. The molecule has 0 amide bonds. The molecule has 106 valence electrons. The van der Waals surface area contributed by atoms with E-state index >= 15 is 0 Å². The Labute approximate surface area is 117 Å². The van der Waals surface area contributed by atoms with Gasteiger partial charge in [0.2, 0.25) is 0 Å². The third-order valence-corrected chi connectivity index (χ3v) is 4.06. The molecule has 0 aromatic carbocycles. The SMILES string of the molecule is CC(CCN(C)C)NC1=NCC(CC(C)(C)C)S1. The number of hydrogen-bond donors (Lipinski definition) is 1. The highest BCUT2D eigenvalue weighted by Gasteiger charge is 2.25. The van der Waals surface area contributed by atoms with Gasteiger partial charge < -0.3 is 10.2 Å². The van der Waals surface area contributed by atoms with E-state index in [2.05, 4.69) is 57.0 Å². The molecule has 0 saturated carbocycles. The zero-order valence-corrected chi connectivity index (χ0v) is 13.6. The molecule has 0 aromatic heterocycles. The molecule has 18 heavy (non-hydrogen) atoms. The lowest BCUT2D eigenvalue weighted by molar-refractivity contribution is 0.375. The first kappa shape index (κ1) is 15.8. The van der Waals surface area contributed by atoms with Crippen molar-refractivity contribution in [3.63, 3.8) is 0 Å². The molecule has 0 radical (unpaired) electrons. The first-order chi connectivity index (χ1) is 8.26. The molecule has 0 fully saturated rings. The van der Waals surface area contributed by atoms with Crippen LogP contribution in [-0.2, 0) is 0 Å². The van der Waals surface area contributed by atoms with Gasteiger partial charge in [0.1, 0.15) is 0 Å². The summed E-state index contributed by atoms with van der Waals surface area (Å²) >= 11 is 1.93. The average molecular weight is 271 g/mol. The molecular formula is C14H29N3S. The maximum absolute atomic E-state index is 4.62. The monoisotopic (exact) mass is 271 g/mol. The molecule has 2 atom stereocenters. The van der Waals surface area contributed by atoms with E-state index in [0.29, 0.717) is 16.7 Å². The van der Waals surface area contributed by atoms with E-state index in [1.165, 1.54) is 6.42 Å². The second kappa shape index (κ2) is 6.80. The summed E-state index contributed by atoms with van der Waals surface area (Å²) in [5.41, 5.74) is 0.402. The molecule has 0 saturated heterocycles. The van der Waals surface area contributed by atoms with Gasteiger partial charge in [0.25, 0.3) is 0 Å².